The normalized spacial score (nSPS) is 10.5. The predicted octanol–water partition coefficient (Wildman–Crippen LogP) is 3.57. The molecule has 0 aromatic heterocycles. The molecular formula is C11H14ClO. The molecule has 0 heterocycles. The van der Waals surface area contributed by atoms with Crippen LogP contribution in [0.2, 0.25) is 5.02 Å². The topological polar surface area (TPSA) is 9.23 Å². The minimum absolute atomic E-state index is 0.599. The van der Waals surface area contributed by atoms with E-state index in [4.69, 9.17) is 16.3 Å². The van der Waals surface area contributed by atoms with Gasteiger partial charge >= 0.3 is 0 Å². The molecule has 1 rings (SSSR count). The molecule has 0 amide bonds. The number of benzene rings is 1. The second-order valence-corrected chi connectivity index (χ2v) is 3.81. The maximum atomic E-state index is 5.75. The predicted molar refractivity (Wildman–Crippen MR) is 55.2 cm³/mol. The molecule has 2 heteroatoms. The minimum Gasteiger partial charge on any atom is -0.494 e. The fourth-order valence-corrected chi connectivity index (χ4v) is 1.09. The van der Waals surface area contributed by atoms with Gasteiger partial charge in [-0.25, -0.2) is 0 Å². The van der Waals surface area contributed by atoms with Crippen molar-refractivity contribution >= 4 is 11.6 Å². The molecule has 0 saturated carbocycles. The molecule has 0 N–H and O–H groups in total. The molecule has 1 nitrogen and oxygen atoms in total. The van der Waals surface area contributed by atoms with Crippen LogP contribution in [0.4, 0.5) is 0 Å². The van der Waals surface area contributed by atoms with Crippen molar-refractivity contribution in [2.75, 3.05) is 6.61 Å². The maximum Gasteiger partial charge on any atom is 0.120 e. The second-order valence-electron chi connectivity index (χ2n) is 3.40. The van der Waals surface area contributed by atoms with Crippen molar-refractivity contribution in [2.45, 2.75) is 20.3 Å². The van der Waals surface area contributed by atoms with Gasteiger partial charge in [0.25, 0.3) is 0 Å². The summed E-state index contributed by atoms with van der Waals surface area (Å²) in [5.74, 6) is 1.50. The lowest BCUT2D eigenvalue weighted by Gasteiger charge is -2.07. The van der Waals surface area contributed by atoms with E-state index < -0.39 is 0 Å². The van der Waals surface area contributed by atoms with Crippen LogP contribution < -0.4 is 4.74 Å². The number of ether oxygens (including phenoxy) is 1. The van der Waals surface area contributed by atoms with Crippen molar-refractivity contribution in [3.63, 3.8) is 0 Å². The molecule has 1 aromatic rings. The molecule has 0 atom stereocenters. The summed E-state index contributed by atoms with van der Waals surface area (Å²) >= 11 is 5.75. The third kappa shape index (κ3) is 4.18. The van der Waals surface area contributed by atoms with Gasteiger partial charge in [-0.05, 0) is 30.5 Å². The van der Waals surface area contributed by atoms with Crippen LogP contribution in [0.5, 0.6) is 5.75 Å². The van der Waals surface area contributed by atoms with Gasteiger partial charge in [0.2, 0.25) is 0 Å². The number of halogens is 1. The third-order valence-electron chi connectivity index (χ3n) is 1.70. The average molecular weight is 198 g/mol. The zero-order valence-corrected chi connectivity index (χ0v) is 8.77. The summed E-state index contributed by atoms with van der Waals surface area (Å²) in [4.78, 5) is 0. The third-order valence-corrected chi connectivity index (χ3v) is 1.92. The fourth-order valence-electron chi connectivity index (χ4n) is 0.920. The van der Waals surface area contributed by atoms with Gasteiger partial charge < -0.3 is 4.74 Å². The highest BCUT2D eigenvalue weighted by Gasteiger charge is 1.96. The summed E-state index contributed by atoms with van der Waals surface area (Å²) in [6.07, 6.45) is 1.07. The van der Waals surface area contributed by atoms with Gasteiger partial charge in [0.05, 0.1) is 11.6 Å². The molecule has 0 aliphatic carbocycles. The molecule has 0 bridgehead atoms. The summed E-state index contributed by atoms with van der Waals surface area (Å²) in [5.41, 5.74) is 0. The van der Waals surface area contributed by atoms with Crippen LogP contribution in [0.25, 0.3) is 0 Å². The quantitative estimate of drug-likeness (QED) is 0.717. The molecule has 71 valence electrons. The Morgan fingerprint density at radius 1 is 1.54 bits per heavy atom. The maximum absolute atomic E-state index is 5.75. The molecule has 0 unspecified atom stereocenters. The van der Waals surface area contributed by atoms with E-state index in [1.807, 2.05) is 6.07 Å². The summed E-state index contributed by atoms with van der Waals surface area (Å²) in [7, 11) is 0. The first-order chi connectivity index (χ1) is 6.18. The smallest absolute Gasteiger partial charge is 0.120 e. The van der Waals surface area contributed by atoms with Crippen LogP contribution in [0.1, 0.15) is 20.3 Å². The van der Waals surface area contributed by atoms with Crippen molar-refractivity contribution < 1.29 is 4.74 Å². The minimum atomic E-state index is 0.599. The van der Waals surface area contributed by atoms with E-state index in [-0.39, 0.29) is 0 Å². The Morgan fingerprint density at radius 2 is 2.31 bits per heavy atom. The molecular weight excluding hydrogens is 184 g/mol. The van der Waals surface area contributed by atoms with Gasteiger partial charge in [0.15, 0.2) is 0 Å². The van der Waals surface area contributed by atoms with Crippen LogP contribution in [-0.2, 0) is 0 Å². The first kappa shape index (κ1) is 10.4. The Balaban J connectivity index is 2.37. The van der Waals surface area contributed by atoms with Gasteiger partial charge in [-0.3, -0.25) is 0 Å². The molecule has 0 spiro atoms. The highest BCUT2D eigenvalue weighted by atomic mass is 35.5. The Bertz CT molecular complexity index is 258. The van der Waals surface area contributed by atoms with Gasteiger partial charge in [-0.1, -0.05) is 25.4 Å². The lowest BCUT2D eigenvalue weighted by atomic mass is 10.1. The number of rotatable bonds is 4. The SMILES string of the molecule is CC(C)CCOc1cc[c]c(Cl)c1. The Kier molecular flexibility index (Phi) is 4.10. The highest BCUT2D eigenvalue weighted by Crippen LogP contribution is 2.16. The summed E-state index contributed by atoms with van der Waals surface area (Å²) in [5, 5.41) is 0.599. The van der Waals surface area contributed by atoms with Gasteiger partial charge in [-0.15, -0.1) is 0 Å². The Labute approximate surface area is 84.7 Å². The molecule has 1 aromatic carbocycles. The van der Waals surface area contributed by atoms with Crippen molar-refractivity contribution in [1.82, 2.24) is 0 Å². The van der Waals surface area contributed by atoms with E-state index >= 15 is 0 Å². The molecule has 1 radical (unpaired) electrons. The second kappa shape index (κ2) is 5.13. The monoisotopic (exact) mass is 197 g/mol. The largest absolute Gasteiger partial charge is 0.494 e. The summed E-state index contributed by atoms with van der Waals surface area (Å²) in [6.45, 7) is 5.10. The lowest BCUT2D eigenvalue weighted by molar-refractivity contribution is 0.289. The van der Waals surface area contributed by atoms with E-state index in [2.05, 4.69) is 19.9 Å². The fraction of sp³-hybridized carbons (Fsp3) is 0.455. The Hall–Kier alpha value is -0.690. The van der Waals surface area contributed by atoms with Crippen molar-refractivity contribution in [2.24, 2.45) is 5.92 Å². The van der Waals surface area contributed by atoms with Gasteiger partial charge in [0, 0.05) is 6.07 Å². The number of hydrogen-bond donors (Lipinski definition) is 0. The van der Waals surface area contributed by atoms with Crippen LogP contribution in [0, 0.1) is 12.0 Å². The summed E-state index contributed by atoms with van der Waals surface area (Å²) in [6, 6.07) is 8.27. The number of hydrogen-bond acceptors (Lipinski definition) is 1. The molecule has 0 fully saturated rings. The van der Waals surface area contributed by atoms with E-state index in [0.717, 1.165) is 18.8 Å². The molecule has 13 heavy (non-hydrogen) atoms. The van der Waals surface area contributed by atoms with Crippen LogP contribution >= 0.6 is 11.6 Å². The Morgan fingerprint density at radius 3 is 2.92 bits per heavy atom. The van der Waals surface area contributed by atoms with Crippen LogP contribution in [-0.4, -0.2) is 6.61 Å². The van der Waals surface area contributed by atoms with Crippen molar-refractivity contribution in [1.29, 1.82) is 0 Å². The van der Waals surface area contributed by atoms with Crippen LogP contribution in [0.3, 0.4) is 0 Å². The van der Waals surface area contributed by atoms with Crippen LogP contribution in [0.15, 0.2) is 18.2 Å². The molecule has 0 aliphatic rings. The standard InChI is InChI=1S/C11H14ClO/c1-9(2)6-7-13-11-5-3-4-10(12)8-11/h3,5,8-9H,6-7H2,1-2H3. The van der Waals surface area contributed by atoms with E-state index in [0.29, 0.717) is 10.9 Å². The zero-order valence-electron chi connectivity index (χ0n) is 8.01. The highest BCUT2D eigenvalue weighted by molar-refractivity contribution is 6.30. The average Bonchev–Trinajstić information content (AvgIpc) is 2.03. The first-order valence-corrected chi connectivity index (χ1v) is 4.86. The van der Waals surface area contributed by atoms with Gasteiger partial charge in [-0.2, -0.15) is 0 Å². The first-order valence-electron chi connectivity index (χ1n) is 4.48. The molecule has 0 saturated heterocycles. The van der Waals surface area contributed by atoms with E-state index in [1.165, 1.54) is 0 Å². The lowest BCUT2D eigenvalue weighted by Crippen LogP contribution is -2.01. The van der Waals surface area contributed by atoms with E-state index in [1.54, 1.807) is 12.1 Å². The summed E-state index contributed by atoms with van der Waals surface area (Å²) < 4.78 is 5.49. The van der Waals surface area contributed by atoms with Crippen molar-refractivity contribution in [3.05, 3.63) is 29.3 Å². The zero-order chi connectivity index (χ0) is 9.68. The van der Waals surface area contributed by atoms with Gasteiger partial charge in [0.1, 0.15) is 5.75 Å². The molecule has 0 aliphatic heterocycles. The van der Waals surface area contributed by atoms with E-state index in [9.17, 15) is 0 Å². The van der Waals surface area contributed by atoms with Crippen molar-refractivity contribution in [3.8, 4) is 5.75 Å².